The Bertz CT molecular complexity index is 981. The fraction of sp³-hybridized carbons (Fsp3) is 0.500. The number of aromatic nitrogens is 2. The summed E-state index contributed by atoms with van der Waals surface area (Å²) in [5.41, 5.74) is 2.16. The van der Waals surface area contributed by atoms with Gasteiger partial charge in [-0.3, -0.25) is 4.79 Å². The highest BCUT2D eigenvalue weighted by Gasteiger charge is 2.48. The molecule has 1 aliphatic carbocycles. The summed E-state index contributed by atoms with van der Waals surface area (Å²) in [5.74, 6) is 1.04. The van der Waals surface area contributed by atoms with Crippen LogP contribution in [0.2, 0.25) is 0 Å². The normalized spacial score (nSPS) is 22.0. The molecule has 1 saturated heterocycles. The van der Waals surface area contributed by atoms with Crippen molar-refractivity contribution in [3.8, 4) is 0 Å². The summed E-state index contributed by atoms with van der Waals surface area (Å²) in [5, 5.41) is 23.2. The smallest absolute Gasteiger partial charge is 0.283 e. The van der Waals surface area contributed by atoms with Crippen molar-refractivity contribution < 1.29 is 14.3 Å². The second-order valence-corrected chi connectivity index (χ2v) is 8.59. The van der Waals surface area contributed by atoms with E-state index in [2.05, 4.69) is 20.9 Å². The van der Waals surface area contributed by atoms with Crippen LogP contribution < -0.4 is 20.7 Å². The Labute approximate surface area is 175 Å². The van der Waals surface area contributed by atoms with Gasteiger partial charge in [-0.2, -0.15) is 0 Å². The van der Waals surface area contributed by atoms with Crippen molar-refractivity contribution in [2.24, 2.45) is 0 Å². The van der Waals surface area contributed by atoms with E-state index in [4.69, 9.17) is 4.74 Å². The number of hydrogen-bond donors (Lipinski definition) is 3. The van der Waals surface area contributed by atoms with Gasteiger partial charge in [0.2, 0.25) is 0 Å². The molecule has 8 heteroatoms. The van der Waals surface area contributed by atoms with Crippen LogP contribution in [0.4, 0.5) is 17.3 Å². The summed E-state index contributed by atoms with van der Waals surface area (Å²) in [6, 6.07) is 5.73. The number of rotatable bonds is 4. The summed E-state index contributed by atoms with van der Waals surface area (Å²) in [6.07, 6.45) is 7.45. The molecule has 2 aliphatic heterocycles. The first-order chi connectivity index (χ1) is 14.6. The molecule has 8 nitrogen and oxygen atoms in total. The minimum absolute atomic E-state index is 0.130. The lowest BCUT2D eigenvalue weighted by Crippen LogP contribution is -2.49. The van der Waals surface area contributed by atoms with E-state index >= 15 is 0 Å². The van der Waals surface area contributed by atoms with Crippen LogP contribution in [0.25, 0.3) is 0 Å². The molecule has 4 heterocycles. The first kappa shape index (κ1) is 19.1. The Balaban J connectivity index is 1.47. The Kier molecular flexibility index (Phi) is 4.73. The molecule has 2 fully saturated rings. The van der Waals surface area contributed by atoms with Crippen LogP contribution in [-0.4, -0.2) is 30.1 Å². The van der Waals surface area contributed by atoms with Crippen molar-refractivity contribution >= 4 is 23.2 Å². The Hall–Kier alpha value is -2.87. The van der Waals surface area contributed by atoms with Crippen molar-refractivity contribution in [1.29, 1.82) is 0 Å². The highest BCUT2D eigenvalue weighted by molar-refractivity contribution is 6.00. The van der Waals surface area contributed by atoms with E-state index in [-0.39, 0.29) is 11.9 Å². The Morgan fingerprint density at radius 3 is 2.90 bits per heavy atom. The van der Waals surface area contributed by atoms with Crippen LogP contribution in [0.1, 0.15) is 60.1 Å². The van der Waals surface area contributed by atoms with Crippen LogP contribution in [-0.2, 0) is 10.3 Å². The summed E-state index contributed by atoms with van der Waals surface area (Å²) in [4.78, 5) is 17.1. The molecule has 2 aromatic rings. The predicted molar refractivity (Wildman–Crippen MR) is 113 cm³/mol. The molecule has 30 heavy (non-hydrogen) atoms. The molecule has 1 spiro atoms. The second-order valence-electron chi connectivity index (χ2n) is 8.59. The van der Waals surface area contributed by atoms with Gasteiger partial charge in [0, 0.05) is 31.0 Å². The second kappa shape index (κ2) is 7.43. The lowest BCUT2D eigenvalue weighted by molar-refractivity contribution is -0.603. The summed E-state index contributed by atoms with van der Waals surface area (Å²) < 4.78 is 6.33. The number of carbonyl (C=O) groups is 1. The third-order valence-corrected chi connectivity index (χ3v) is 6.46. The number of aryl methyl sites for hydroxylation is 1. The maximum Gasteiger partial charge on any atom is 0.283 e. The van der Waals surface area contributed by atoms with Crippen LogP contribution in [0.3, 0.4) is 0 Å². The molecule has 2 aromatic heterocycles. The quantitative estimate of drug-likeness (QED) is 0.530. The minimum Gasteiger partial charge on any atom is -0.710 e. The van der Waals surface area contributed by atoms with Gasteiger partial charge in [-0.15, -0.1) is 0 Å². The van der Waals surface area contributed by atoms with Crippen LogP contribution in [0.5, 0.6) is 0 Å². The molecule has 0 radical (unpaired) electrons. The third kappa shape index (κ3) is 3.25. The highest BCUT2D eigenvalue weighted by atomic mass is 16.5. The number of nitrogens with one attached hydrogen (secondary N) is 3. The van der Waals surface area contributed by atoms with Crippen molar-refractivity contribution in [1.82, 2.24) is 10.3 Å². The van der Waals surface area contributed by atoms with E-state index in [0.29, 0.717) is 23.7 Å². The lowest BCUT2D eigenvalue weighted by atomic mass is 9.79. The van der Waals surface area contributed by atoms with Gasteiger partial charge in [-0.1, -0.05) is 19.3 Å². The van der Waals surface area contributed by atoms with Crippen LogP contribution in [0.15, 0.2) is 24.4 Å². The fourth-order valence-electron chi connectivity index (χ4n) is 5.00. The van der Waals surface area contributed by atoms with E-state index < -0.39 is 5.54 Å². The predicted octanol–water partition coefficient (Wildman–Crippen LogP) is 2.87. The summed E-state index contributed by atoms with van der Waals surface area (Å²) in [6.45, 7) is 3.33. The summed E-state index contributed by atoms with van der Waals surface area (Å²) >= 11 is 0. The van der Waals surface area contributed by atoms with Gasteiger partial charge < -0.3 is 20.6 Å². The number of amides is 1. The molecule has 3 N–H and O–H groups in total. The van der Waals surface area contributed by atoms with Crippen LogP contribution >= 0.6 is 0 Å². The molecule has 0 unspecified atom stereocenters. The number of ether oxygens (including phenoxy) is 1. The Morgan fingerprint density at radius 2 is 2.13 bits per heavy atom. The average Bonchev–Trinajstić information content (AvgIpc) is 3.33. The maximum absolute atomic E-state index is 13.4. The highest BCUT2D eigenvalue weighted by Crippen LogP contribution is 2.42. The zero-order chi connectivity index (χ0) is 20.7. The third-order valence-electron chi connectivity index (χ3n) is 6.46. The molecular formula is C22H27N5O3. The zero-order valence-corrected chi connectivity index (χ0v) is 17.2. The molecule has 5 rings (SSSR count). The molecule has 1 atom stereocenters. The van der Waals surface area contributed by atoms with E-state index in [1.54, 1.807) is 12.3 Å². The van der Waals surface area contributed by atoms with Gasteiger partial charge in [0.05, 0.1) is 18.2 Å². The summed E-state index contributed by atoms with van der Waals surface area (Å²) in [7, 11) is 0. The minimum atomic E-state index is -0.539. The van der Waals surface area contributed by atoms with Crippen molar-refractivity contribution in [2.45, 2.75) is 57.0 Å². The first-order valence-electron chi connectivity index (χ1n) is 10.7. The van der Waals surface area contributed by atoms with Gasteiger partial charge in [0.15, 0.2) is 0 Å². The van der Waals surface area contributed by atoms with Crippen LogP contribution in [0, 0.1) is 12.1 Å². The van der Waals surface area contributed by atoms with E-state index in [1.165, 1.54) is 0 Å². The largest absolute Gasteiger partial charge is 0.710 e. The number of hydrogen-bond acceptors (Lipinski definition) is 6. The molecule has 0 aromatic carbocycles. The van der Waals surface area contributed by atoms with Gasteiger partial charge in [-0.25, -0.2) is 15.0 Å². The number of carbonyl (C=O) groups excluding carboxylic acids is 1. The Morgan fingerprint density at radius 1 is 1.30 bits per heavy atom. The standard InChI is InChI=1S/C22H27N5O3/c1-14-11-18(25-15-5-9-23-17(12-15)24-16-6-10-30-13-16)27(29)20-19(14)21(28)26-22(20)7-3-2-4-8-22/h5,9,11-12,16H,2-4,6-8,10,13H2,1H3,(H,26,28)(H2,23,24,25)/t16-/m0/s1. The maximum atomic E-state index is 13.4. The SMILES string of the molecule is Cc1cc(Nc2ccnc(N[C@H]3CCOC3)c2)[n+]([O-])c2c1C(=O)NC21CCCCC1. The number of pyridine rings is 2. The number of nitrogens with zero attached hydrogens (tertiary/aromatic N) is 2. The van der Waals surface area contributed by atoms with E-state index in [9.17, 15) is 10.0 Å². The fourth-order valence-corrected chi connectivity index (χ4v) is 5.00. The average molecular weight is 409 g/mol. The lowest BCUT2D eigenvalue weighted by Gasteiger charge is -2.34. The number of fused-ring (bicyclic) bond motifs is 2. The first-order valence-corrected chi connectivity index (χ1v) is 10.7. The van der Waals surface area contributed by atoms with Gasteiger partial charge in [0.25, 0.3) is 11.7 Å². The van der Waals surface area contributed by atoms with Gasteiger partial charge >= 0.3 is 0 Å². The molecular weight excluding hydrogens is 382 g/mol. The van der Waals surface area contributed by atoms with E-state index in [0.717, 1.165) is 66.9 Å². The zero-order valence-electron chi connectivity index (χ0n) is 17.2. The van der Waals surface area contributed by atoms with Crippen molar-refractivity contribution in [2.75, 3.05) is 23.8 Å². The monoisotopic (exact) mass is 409 g/mol. The molecule has 0 bridgehead atoms. The topological polar surface area (TPSA) is 102 Å². The molecule has 1 saturated carbocycles. The molecule has 1 amide bonds. The van der Waals surface area contributed by atoms with Gasteiger partial charge in [-0.05, 0) is 31.7 Å². The van der Waals surface area contributed by atoms with Gasteiger partial charge in [0.1, 0.15) is 22.7 Å². The number of anilines is 3. The molecule has 158 valence electrons. The van der Waals surface area contributed by atoms with Crippen molar-refractivity contribution in [3.05, 3.63) is 46.4 Å². The van der Waals surface area contributed by atoms with Crippen molar-refractivity contribution in [3.63, 3.8) is 0 Å². The van der Waals surface area contributed by atoms with E-state index in [1.807, 2.05) is 19.1 Å². The molecule has 3 aliphatic rings.